The van der Waals surface area contributed by atoms with Gasteiger partial charge in [-0.15, -0.1) is 0 Å². The molecule has 0 saturated carbocycles. The van der Waals surface area contributed by atoms with Crippen molar-refractivity contribution in [3.8, 4) is 5.75 Å². The van der Waals surface area contributed by atoms with Gasteiger partial charge in [-0.3, -0.25) is 4.79 Å². The predicted octanol–water partition coefficient (Wildman–Crippen LogP) is 1.28. The van der Waals surface area contributed by atoms with E-state index in [2.05, 4.69) is 10.6 Å². The van der Waals surface area contributed by atoms with Crippen LogP contribution in [0.2, 0.25) is 0 Å². The van der Waals surface area contributed by atoms with Gasteiger partial charge in [-0.1, -0.05) is 12.1 Å². The predicted molar refractivity (Wildman–Crippen MR) is 83.3 cm³/mol. The zero-order chi connectivity index (χ0) is 16.7. The summed E-state index contributed by atoms with van der Waals surface area (Å²) in [5.74, 6) is 1.03. The van der Waals surface area contributed by atoms with E-state index in [9.17, 15) is 14.7 Å². The fourth-order valence-corrected chi connectivity index (χ4v) is 2.43. The topological polar surface area (TPSA) is 108 Å². The number of aliphatic hydroxyl groups excluding tert-OH is 1. The third kappa shape index (κ3) is 5.78. The average molecular weight is 322 g/mol. The summed E-state index contributed by atoms with van der Waals surface area (Å²) in [6.07, 6.45) is -0.212. The Morgan fingerprint density at radius 3 is 3.00 bits per heavy atom. The summed E-state index contributed by atoms with van der Waals surface area (Å²) in [5.41, 5.74) is 0.687. The highest BCUT2D eigenvalue weighted by Gasteiger charge is 2.18. The number of amides is 2. The third-order valence-corrected chi connectivity index (χ3v) is 3.79. The summed E-state index contributed by atoms with van der Waals surface area (Å²) >= 11 is 0. The van der Waals surface area contributed by atoms with Crippen LogP contribution in [0.1, 0.15) is 30.9 Å². The van der Waals surface area contributed by atoms with Crippen LogP contribution in [0.3, 0.4) is 0 Å². The first-order valence-corrected chi connectivity index (χ1v) is 7.69. The van der Waals surface area contributed by atoms with Crippen molar-refractivity contribution in [2.45, 2.75) is 25.4 Å². The highest BCUT2D eigenvalue weighted by molar-refractivity contribution is 5.76. The van der Waals surface area contributed by atoms with E-state index in [0.717, 1.165) is 6.42 Å². The molecule has 1 fully saturated rings. The van der Waals surface area contributed by atoms with Crippen LogP contribution in [0.25, 0.3) is 0 Å². The molecule has 126 valence electrons. The first-order valence-electron chi connectivity index (χ1n) is 7.69. The van der Waals surface area contributed by atoms with Crippen LogP contribution in [-0.2, 0) is 4.79 Å². The minimum atomic E-state index is -1.10. The van der Waals surface area contributed by atoms with Gasteiger partial charge >= 0.3 is 6.09 Å². The smallest absolute Gasteiger partial charge is 0.404 e. The van der Waals surface area contributed by atoms with E-state index in [4.69, 9.17) is 9.84 Å². The van der Waals surface area contributed by atoms with Crippen molar-refractivity contribution in [2.75, 3.05) is 19.7 Å². The highest BCUT2D eigenvalue weighted by Crippen LogP contribution is 2.22. The second kappa shape index (κ2) is 8.38. The molecule has 7 heteroatoms. The Hall–Kier alpha value is -2.28. The molecule has 1 saturated heterocycles. The second-order valence-electron chi connectivity index (χ2n) is 5.63. The summed E-state index contributed by atoms with van der Waals surface area (Å²) < 4.78 is 5.74. The van der Waals surface area contributed by atoms with Crippen LogP contribution in [0.5, 0.6) is 5.75 Å². The lowest BCUT2D eigenvalue weighted by molar-refractivity contribution is -0.123. The maximum Gasteiger partial charge on any atom is 0.404 e. The standard InChI is InChI=1S/C16H22N2O5/c19-14(6-7-17-16(21)22)12-2-1-3-13(8-12)23-10-11-4-5-15(20)18-9-11/h1-3,8,11,14,17,19H,4-7,9-10H2,(H,18,20)(H,21,22)/t11?,14-/m1/s1. The molecule has 1 heterocycles. The van der Waals surface area contributed by atoms with Gasteiger partial charge in [-0.05, 0) is 30.5 Å². The van der Waals surface area contributed by atoms with Gasteiger partial charge in [0.2, 0.25) is 5.91 Å². The average Bonchev–Trinajstić information content (AvgIpc) is 2.54. The SMILES string of the molecule is O=C(O)NCC[C@@H](O)c1cccc(OCC2CCC(=O)NC2)c1. The molecule has 23 heavy (non-hydrogen) atoms. The summed E-state index contributed by atoms with van der Waals surface area (Å²) in [4.78, 5) is 21.5. The number of hydrogen-bond acceptors (Lipinski definition) is 4. The lowest BCUT2D eigenvalue weighted by Crippen LogP contribution is -2.37. The Bertz CT molecular complexity index is 539. The number of rotatable bonds is 7. The lowest BCUT2D eigenvalue weighted by atomic mass is 10.0. The Morgan fingerprint density at radius 2 is 2.30 bits per heavy atom. The molecule has 1 aliphatic rings. The van der Waals surface area contributed by atoms with E-state index in [1.807, 2.05) is 6.07 Å². The van der Waals surface area contributed by atoms with Gasteiger partial charge < -0.3 is 25.6 Å². The van der Waals surface area contributed by atoms with Gasteiger partial charge in [0.25, 0.3) is 0 Å². The first-order chi connectivity index (χ1) is 11.0. The number of ether oxygens (including phenoxy) is 1. The minimum Gasteiger partial charge on any atom is -0.493 e. The van der Waals surface area contributed by atoms with Gasteiger partial charge in [0, 0.05) is 25.4 Å². The number of aliphatic hydroxyl groups is 1. The molecule has 1 aromatic carbocycles. The fourth-order valence-electron chi connectivity index (χ4n) is 2.43. The van der Waals surface area contributed by atoms with Crippen molar-refractivity contribution in [3.63, 3.8) is 0 Å². The maximum atomic E-state index is 11.1. The van der Waals surface area contributed by atoms with Gasteiger partial charge in [-0.25, -0.2) is 4.79 Å². The zero-order valence-electron chi connectivity index (χ0n) is 12.8. The van der Waals surface area contributed by atoms with Crippen LogP contribution < -0.4 is 15.4 Å². The Labute approximate surface area is 134 Å². The Kier molecular flexibility index (Phi) is 6.22. The molecule has 1 aliphatic heterocycles. The molecule has 1 aromatic rings. The largest absolute Gasteiger partial charge is 0.493 e. The minimum absolute atomic E-state index is 0.0846. The van der Waals surface area contributed by atoms with Gasteiger partial charge in [0.15, 0.2) is 0 Å². The van der Waals surface area contributed by atoms with Crippen LogP contribution in [0.15, 0.2) is 24.3 Å². The first kappa shape index (κ1) is 17.1. The van der Waals surface area contributed by atoms with Crippen LogP contribution in [-0.4, -0.2) is 41.9 Å². The van der Waals surface area contributed by atoms with E-state index in [0.29, 0.717) is 43.2 Å². The third-order valence-electron chi connectivity index (χ3n) is 3.79. The van der Waals surface area contributed by atoms with Crippen molar-refractivity contribution in [2.24, 2.45) is 5.92 Å². The number of nitrogens with one attached hydrogen (secondary N) is 2. The van der Waals surface area contributed by atoms with E-state index in [-0.39, 0.29) is 12.5 Å². The van der Waals surface area contributed by atoms with E-state index in [1.54, 1.807) is 18.2 Å². The molecule has 2 amide bonds. The van der Waals surface area contributed by atoms with E-state index < -0.39 is 12.2 Å². The number of carbonyl (C=O) groups excluding carboxylic acids is 1. The zero-order valence-corrected chi connectivity index (χ0v) is 12.8. The molecule has 0 bridgehead atoms. The van der Waals surface area contributed by atoms with Crippen molar-refractivity contribution >= 4 is 12.0 Å². The molecular weight excluding hydrogens is 300 g/mol. The van der Waals surface area contributed by atoms with Crippen LogP contribution in [0.4, 0.5) is 4.79 Å². The molecule has 0 aliphatic carbocycles. The summed E-state index contributed by atoms with van der Waals surface area (Å²) in [6, 6.07) is 7.14. The quantitative estimate of drug-likeness (QED) is 0.605. The summed E-state index contributed by atoms with van der Waals surface area (Å²) in [7, 11) is 0. The summed E-state index contributed by atoms with van der Waals surface area (Å²) in [5, 5.41) is 23.6. The molecule has 0 spiro atoms. The van der Waals surface area contributed by atoms with Gasteiger partial charge in [0.1, 0.15) is 5.75 Å². The van der Waals surface area contributed by atoms with Crippen molar-refractivity contribution in [3.05, 3.63) is 29.8 Å². The number of benzene rings is 1. The maximum absolute atomic E-state index is 11.1. The van der Waals surface area contributed by atoms with Gasteiger partial charge in [0.05, 0.1) is 12.7 Å². The van der Waals surface area contributed by atoms with E-state index in [1.165, 1.54) is 0 Å². The highest BCUT2D eigenvalue weighted by atomic mass is 16.5. The molecule has 2 atom stereocenters. The fraction of sp³-hybridized carbons (Fsp3) is 0.500. The van der Waals surface area contributed by atoms with Crippen LogP contribution >= 0.6 is 0 Å². The molecule has 2 rings (SSSR count). The molecule has 4 N–H and O–H groups in total. The Morgan fingerprint density at radius 1 is 1.48 bits per heavy atom. The normalized spacial score (nSPS) is 18.8. The molecule has 0 aromatic heterocycles. The van der Waals surface area contributed by atoms with Crippen molar-refractivity contribution < 1.29 is 24.5 Å². The summed E-state index contributed by atoms with van der Waals surface area (Å²) in [6.45, 7) is 1.33. The van der Waals surface area contributed by atoms with Crippen molar-refractivity contribution in [1.29, 1.82) is 0 Å². The molecule has 1 unspecified atom stereocenters. The molecular formula is C16H22N2O5. The molecule has 7 nitrogen and oxygen atoms in total. The van der Waals surface area contributed by atoms with E-state index >= 15 is 0 Å². The van der Waals surface area contributed by atoms with Crippen LogP contribution in [0, 0.1) is 5.92 Å². The Balaban J connectivity index is 1.81. The number of hydrogen-bond donors (Lipinski definition) is 4. The number of carboxylic acid groups (broad SMARTS) is 1. The van der Waals surface area contributed by atoms with Gasteiger partial charge in [-0.2, -0.15) is 0 Å². The number of carbonyl (C=O) groups is 2. The lowest BCUT2D eigenvalue weighted by Gasteiger charge is -2.22. The number of piperidine rings is 1. The van der Waals surface area contributed by atoms with Crippen molar-refractivity contribution in [1.82, 2.24) is 10.6 Å². The second-order valence-corrected chi connectivity index (χ2v) is 5.63. The monoisotopic (exact) mass is 322 g/mol. The molecule has 0 radical (unpaired) electrons.